The second-order valence-electron chi connectivity index (χ2n) is 4.62. The number of rotatable bonds is 1. The number of carbonyl (C=O) groups is 2. The van der Waals surface area contributed by atoms with Gasteiger partial charge in [0.25, 0.3) is 0 Å². The molecule has 4 heteroatoms. The van der Waals surface area contributed by atoms with E-state index in [1.54, 1.807) is 0 Å². The van der Waals surface area contributed by atoms with E-state index in [1.165, 1.54) is 7.11 Å². The molecule has 1 saturated carbocycles. The Kier molecular flexibility index (Phi) is 2.52. The number of cyclic esters (lactones) is 1. The van der Waals surface area contributed by atoms with Gasteiger partial charge in [-0.05, 0) is 30.3 Å². The Morgan fingerprint density at radius 1 is 1.62 bits per heavy atom. The average Bonchev–Trinajstić information content (AvgIpc) is 2.63. The molecule has 1 saturated heterocycles. The second kappa shape index (κ2) is 3.61. The lowest BCUT2D eigenvalue weighted by Crippen LogP contribution is -2.51. The zero-order valence-corrected chi connectivity index (χ0v) is 9.62. The van der Waals surface area contributed by atoms with Gasteiger partial charge in [0.15, 0.2) is 5.41 Å². The van der Waals surface area contributed by atoms with Crippen LogP contribution in [0.5, 0.6) is 0 Å². The Hall–Kier alpha value is -1.32. The molecule has 0 amide bonds. The zero-order chi connectivity index (χ0) is 11.9. The highest BCUT2D eigenvalue weighted by Crippen LogP contribution is 2.53. The number of ether oxygens (including phenoxy) is 2. The van der Waals surface area contributed by atoms with Gasteiger partial charge in [-0.25, -0.2) is 0 Å². The van der Waals surface area contributed by atoms with Crippen molar-refractivity contribution in [2.24, 2.45) is 17.3 Å². The van der Waals surface area contributed by atoms with E-state index in [1.807, 2.05) is 6.92 Å². The van der Waals surface area contributed by atoms with Crippen molar-refractivity contribution >= 4 is 11.9 Å². The Morgan fingerprint density at radius 3 is 2.94 bits per heavy atom. The van der Waals surface area contributed by atoms with Crippen molar-refractivity contribution in [1.29, 1.82) is 0 Å². The highest BCUT2D eigenvalue weighted by Gasteiger charge is 2.63. The summed E-state index contributed by atoms with van der Waals surface area (Å²) in [6, 6.07) is 0. The van der Waals surface area contributed by atoms with E-state index >= 15 is 0 Å². The fourth-order valence-corrected chi connectivity index (χ4v) is 2.99. The molecule has 1 aliphatic heterocycles. The largest absolute Gasteiger partial charge is 0.468 e. The monoisotopic (exact) mass is 224 g/mol. The fourth-order valence-electron chi connectivity index (χ4n) is 2.99. The molecule has 2 rings (SSSR count). The van der Waals surface area contributed by atoms with Gasteiger partial charge in [-0.3, -0.25) is 9.59 Å². The molecule has 2 fully saturated rings. The minimum Gasteiger partial charge on any atom is -0.468 e. The smallest absolute Gasteiger partial charge is 0.328 e. The SMILES string of the molecule is C=C1CC[C@@H]2[C@@H](C)COC(=O)[C@]12C(=O)OC. The first-order valence-electron chi connectivity index (χ1n) is 5.49. The summed E-state index contributed by atoms with van der Waals surface area (Å²) >= 11 is 0. The minimum atomic E-state index is -1.23. The number of methoxy groups -OCH3 is 1. The Balaban J connectivity index is 2.50. The Bertz CT molecular complexity index is 350. The van der Waals surface area contributed by atoms with Crippen molar-refractivity contribution in [1.82, 2.24) is 0 Å². The molecule has 2 aliphatic rings. The lowest BCUT2D eigenvalue weighted by molar-refractivity contribution is -0.180. The molecule has 0 radical (unpaired) electrons. The molecule has 1 heterocycles. The molecular formula is C12H16O4. The van der Waals surface area contributed by atoms with Crippen molar-refractivity contribution in [2.75, 3.05) is 13.7 Å². The number of hydrogen-bond donors (Lipinski definition) is 0. The van der Waals surface area contributed by atoms with E-state index in [2.05, 4.69) is 6.58 Å². The van der Waals surface area contributed by atoms with Crippen molar-refractivity contribution in [3.8, 4) is 0 Å². The van der Waals surface area contributed by atoms with Crippen LogP contribution in [0.3, 0.4) is 0 Å². The van der Waals surface area contributed by atoms with Gasteiger partial charge in [-0.2, -0.15) is 0 Å². The van der Waals surface area contributed by atoms with Crippen LogP contribution in [-0.4, -0.2) is 25.7 Å². The van der Waals surface area contributed by atoms with Crippen LogP contribution in [0, 0.1) is 17.3 Å². The number of esters is 2. The van der Waals surface area contributed by atoms with Crippen LogP contribution in [0.1, 0.15) is 19.8 Å². The molecule has 4 nitrogen and oxygen atoms in total. The highest BCUT2D eigenvalue weighted by atomic mass is 16.6. The van der Waals surface area contributed by atoms with Crippen LogP contribution in [0.4, 0.5) is 0 Å². The number of carbonyl (C=O) groups excluding carboxylic acids is 2. The quantitative estimate of drug-likeness (QED) is 0.383. The lowest BCUT2D eigenvalue weighted by Gasteiger charge is -2.38. The third-order valence-electron chi connectivity index (χ3n) is 3.86. The lowest BCUT2D eigenvalue weighted by atomic mass is 9.69. The van der Waals surface area contributed by atoms with E-state index in [0.29, 0.717) is 18.6 Å². The molecule has 0 spiro atoms. The zero-order valence-electron chi connectivity index (χ0n) is 9.62. The maximum Gasteiger partial charge on any atom is 0.328 e. The van der Waals surface area contributed by atoms with E-state index in [4.69, 9.17) is 9.47 Å². The summed E-state index contributed by atoms with van der Waals surface area (Å²) in [7, 11) is 1.30. The standard InChI is InChI=1S/C12H16O4/c1-7-6-16-11(14)12(10(13)15-3)8(2)4-5-9(7)12/h7,9H,2,4-6H2,1,3H3/t7-,9+,12+/m0/s1. The summed E-state index contributed by atoms with van der Waals surface area (Å²) in [6.07, 6.45) is 1.50. The van der Waals surface area contributed by atoms with Gasteiger partial charge in [0.05, 0.1) is 13.7 Å². The summed E-state index contributed by atoms with van der Waals surface area (Å²) in [5.74, 6) is -0.841. The highest BCUT2D eigenvalue weighted by molar-refractivity contribution is 6.04. The van der Waals surface area contributed by atoms with E-state index < -0.39 is 17.4 Å². The van der Waals surface area contributed by atoms with Gasteiger partial charge in [0.2, 0.25) is 0 Å². The normalized spacial score (nSPS) is 37.9. The number of hydrogen-bond acceptors (Lipinski definition) is 4. The molecule has 0 N–H and O–H groups in total. The van der Waals surface area contributed by atoms with Crippen LogP contribution in [0.2, 0.25) is 0 Å². The Morgan fingerprint density at radius 2 is 2.31 bits per heavy atom. The summed E-state index contributed by atoms with van der Waals surface area (Å²) in [4.78, 5) is 23.9. The fraction of sp³-hybridized carbons (Fsp3) is 0.667. The first-order chi connectivity index (χ1) is 7.55. The van der Waals surface area contributed by atoms with Crippen molar-refractivity contribution in [3.05, 3.63) is 12.2 Å². The molecule has 1 aliphatic carbocycles. The summed E-state index contributed by atoms with van der Waals surface area (Å²) in [5, 5.41) is 0. The van der Waals surface area contributed by atoms with E-state index in [0.717, 1.165) is 6.42 Å². The second-order valence-corrected chi connectivity index (χ2v) is 4.62. The van der Waals surface area contributed by atoms with Crippen molar-refractivity contribution < 1.29 is 19.1 Å². The van der Waals surface area contributed by atoms with E-state index in [-0.39, 0.29) is 11.8 Å². The Labute approximate surface area is 94.6 Å². The average molecular weight is 224 g/mol. The van der Waals surface area contributed by atoms with Gasteiger partial charge in [0.1, 0.15) is 0 Å². The first-order valence-corrected chi connectivity index (χ1v) is 5.49. The van der Waals surface area contributed by atoms with Gasteiger partial charge in [-0.15, -0.1) is 0 Å². The maximum absolute atomic E-state index is 12.0. The van der Waals surface area contributed by atoms with Crippen LogP contribution >= 0.6 is 0 Å². The van der Waals surface area contributed by atoms with Crippen LogP contribution < -0.4 is 0 Å². The third-order valence-corrected chi connectivity index (χ3v) is 3.86. The predicted molar refractivity (Wildman–Crippen MR) is 56.4 cm³/mol. The number of fused-ring (bicyclic) bond motifs is 1. The minimum absolute atomic E-state index is 0.0197. The third kappa shape index (κ3) is 1.16. The van der Waals surface area contributed by atoms with Gasteiger partial charge in [-0.1, -0.05) is 13.5 Å². The van der Waals surface area contributed by atoms with Crippen LogP contribution in [0.25, 0.3) is 0 Å². The van der Waals surface area contributed by atoms with Gasteiger partial charge < -0.3 is 9.47 Å². The summed E-state index contributed by atoms with van der Waals surface area (Å²) < 4.78 is 9.88. The summed E-state index contributed by atoms with van der Waals surface area (Å²) in [6.45, 7) is 6.24. The van der Waals surface area contributed by atoms with Gasteiger partial charge in [0, 0.05) is 0 Å². The predicted octanol–water partition coefficient (Wildman–Crippen LogP) is 1.30. The first kappa shape index (κ1) is 11.2. The molecule has 3 atom stereocenters. The molecule has 16 heavy (non-hydrogen) atoms. The molecule has 0 aromatic carbocycles. The molecule has 0 unspecified atom stereocenters. The van der Waals surface area contributed by atoms with Gasteiger partial charge >= 0.3 is 11.9 Å². The van der Waals surface area contributed by atoms with Crippen molar-refractivity contribution in [3.63, 3.8) is 0 Å². The maximum atomic E-state index is 12.0. The molecule has 88 valence electrons. The van der Waals surface area contributed by atoms with Crippen molar-refractivity contribution in [2.45, 2.75) is 19.8 Å². The van der Waals surface area contributed by atoms with Crippen LogP contribution in [-0.2, 0) is 19.1 Å². The summed E-state index contributed by atoms with van der Waals surface area (Å²) in [5.41, 5.74) is -0.590. The molecular weight excluding hydrogens is 208 g/mol. The molecule has 0 bridgehead atoms. The molecule has 0 aromatic rings. The molecule has 0 aromatic heterocycles. The van der Waals surface area contributed by atoms with Crippen LogP contribution in [0.15, 0.2) is 12.2 Å². The van der Waals surface area contributed by atoms with E-state index in [9.17, 15) is 9.59 Å². The topological polar surface area (TPSA) is 52.6 Å².